The number of nitrogens with zero attached hydrogens (tertiary/aromatic N) is 4. The van der Waals surface area contributed by atoms with Crippen LogP contribution in [0.4, 0.5) is 22.2 Å². The van der Waals surface area contributed by atoms with Gasteiger partial charge in [0.25, 0.3) is 5.91 Å². The molecule has 0 aliphatic carbocycles. The molecule has 0 unspecified atom stereocenters. The van der Waals surface area contributed by atoms with Crippen LogP contribution in [0.1, 0.15) is 47.4 Å². The van der Waals surface area contributed by atoms with E-state index < -0.39 is 6.09 Å². The number of anilines is 3. The number of carbonyl (C=O) groups is 2. The van der Waals surface area contributed by atoms with Crippen molar-refractivity contribution in [3.8, 4) is 0 Å². The number of rotatable bonds is 11. The number of primary amides is 1. The standard InChI is InChI=1S/C28H34N6O4/c1-3-30-28-31-18-23-25(32-28)33(2)14-15-34(26(23)35)22-12-7-9-20(17-22)19-38-24(13-8-16-37-27(29)36)21-10-5-4-6-11-21/h4-7,9-12,17-18,24H,3,8,13-16,19H2,1-2H3,(H2,29,36)(H,30,31,32)/t24-/m0/s1. The average Bonchev–Trinajstić information content (AvgIpc) is 3.05. The van der Waals surface area contributed by atoms with Crippen LogP contribution in [0, 0.1) is 0 Å². The predicted molar refractivity (Wildman–Crippen MR) is 146 cm³/mol. The zero-order chi connectivity index (χ0) is 26.9. The number of benzene rings is 2. The number of carbonyl (C=O) groups excluding carboxylic acids is 2. The van der Waals surface area contributed by atoms with Crippen molar-refractivity contribution in [2.75, 3.05) is 48.4 Å². The molecule has 1 aliphatic rings. The summed E-state index contributed by atoms with van der Waals surface area (Å²) in [7, 11) is 1.93. The van der Waals surface area contributed by atoms with Gasteiger partial charge in [0.15, 0.2) is 0 Å². The molecule has 10 nitrogen and oxygen atoms in total. The van der Waals surface area contributed by atoms with Crippen LogP contribution < -0.4 is 20.9 Å². The summed E-state index contributed by atoms with van der Waals surface area (Å²) in [6, 6.07) is 17.8. The first-order valence-corrected chi connectivity index (χ1v) is 12.8. The first-order valence-electron chi connectivity index (χ1n) is 12.8. The Labute approximate surface area is 222 Å². The lowest BCUT2D eigenvalue weighted by Gasteiger charge is -2.22. The van der Waals surface area contributed by atoms with Crippen LogP contribution in [0.3, 0.4) is 0 Å². The van der Waals surface area contributed by atoms with Crippen molar-refractivity contribution in [3.05, 3.63) is 77.5 Å². The lowest BCUT2D eigenvalue weighted by molar-refractivity contribution is 0.0287. The van der Waals surface area contributed by atoms with Gasteiger partial charge in [0.1, 0.15) is 11.4 Å². The number of nitrogens with one attached hydrogen (secondary N) is 1. The fraction of sp³-hybridized carbons (Fsp3) is 0.357. The Hall–Kier alpha value is -4.18. The van der Waals surface area contributed by atoms with Gasteiger partial charge in [-0.1, -0.05) is 42.5 Å². The molecule has 200 valence electrons. The molecule has 2 amide bonds. The molecule has 0 saturated heterocycles. The highest BCUT2D eigenvalue weighted by Gasteiger charge is 2.28. The number of nitrogens with two attached hydrogens (primary N) is 1. The van der Waals surface area contributed by atoms with Gasteiger partial charge >= 0.3 is 6.09 Å². The lowest BCUT2D eigenvalue weighted by Crippen LogP contribution is -2.33. The summed E-state index contributed by atoms with van der Waals surface area (Å²) in [6.07, 6.45) is 1.92. The third kappa shape index (κ3) is 6.77. The highest BCUT2D eigenvalue weighted by molar-refractivity contribution is 6.09. The van der Waals surface area contributed by atoms with Crippen molar-refractivity contribution in [1.82, 2.24) is 9.97 Å². The normalized spacial score (nSPS) is 14.0. The van der Waals surface area contributed by atoms with Gasteiger partial charge in [0.2, 0.25) is 5.95 Å². The van der Waals surface area contributed by atoms with E-state index in [-0.39, 0.29) is 18.6 Å². The minimum atomic E-state index is -0.777. The topological polar surface area (TPSA) is 123 Å². The third-order valence-corrected chi connectivity index (χ3v) is 6.30. The highest BCUT2D eigenvalue weighted by atomic mass is 16.5. The molecule has 1 aromatic heterocycles. The maximum atomic E-state index is 13.5. The van der Waals surface area contributed by atoms with E-state index >= 15 is 0 Å². The van der Waals surface area contributed by atoms with Crippen molar-refractivity contribution in [1.29, 1.82) is 0 Å². The molecule has 2 aromatic carbocycles. The summed E-state index contributed by atoms with van der Waals surface area (Å²) in [4.78, 5) is 37.0. The molecular weight excluding hydrogens is 484 g/mol. The van der Waals surface area contributed by atoms with E-state index in [0.29, 0.717) is 56.4 Å². The van der Waals surface area contributed by atoms with Crippen molar-refractivity contribution in [3.63, 3.8) is 0 Å². The molecule has 0 fully saturated rings. The molecule has 3 N–H and O–H groups in total. The van der Waals surface area contributed by atoms with Crippen molar-refractivity contribution in [2.24, 2.45) is 5.73 Å². The summed E-state index contributed by atoms with van der Waals surface area (Å²) < 4.78 is 11.2. The minimum absolute atomic E-state index is 0.137. The fourth-order valence-electron chi connectivity index (χ4n) is 4.37. The molecule has 1 atom stereocenters. The maximum absolute atomic E-state index is 13.5. The molecule has 10 heteroatoms. The number of amides is 2. The fourth-order valence-corrected chi connectivity index (χ4v) is 4.37. The predicted octanol–water partition coefficient (Wildman–Crippen LogP) is 4.14. The Bertz CT molecular complexity index is 1240. The van der Waals surface area contributed by atoms with Crippen molar-refractivity contribution in [2.45, 2.75) is 32.5 Å². The molecule has 2 heterocycles. The minimum Gasteiger partial charge on any atom is -0.450 e. The van der Waals surface area contributed by atoms with Gasteiger partial charge < -0.3 is 30.3 Å². The first-order chi connectivity index (χ1) is 18.5. The number of likely N-dealkylation sites (N-methyl/N-ethyl adjacent to an activating group) is 1. The summed E-state index contributed by atoms with van der Waals surface area (Å²) in [5.41, 5.74) is 8.32. The van der Waals surface area contributed by atoms with Crippen LogP contribution in [-0.4, -0.2) is 55.3 Å². The van der Waals surface area contributed by atoms with E-state index in [0.717, 1.165) is 16.8 Å². The molecule has 3 aromatic rings. The van der Waals surface area contributed by atoms with E-state index in [1.54, 1.807) is 11.1 Å². The molecule has 1 aliphatic heterocycles. The van der Waals surface area contributed by atoms with E-state index in [4.69, 9.17) is 15.2 Å². The zero-order valence-corrected chi connectivity index (χ0v) is 21.8. The maximum Gasteiger partial charge on any atom is 0.404 e. The van der Waals surface area contributed by atoms with E-state index in [1.807, 2.05) is 73.5 Å². The highest BCUT2D eigenvalue weighted by Crippen LogP contribution is 2.28. The second kappa shape index (κ2) is 12.9. The monoisotopic (exact) mass is 518 g/mol. The average molecular weight is 519 g/mol. The van der Waals surface area contributed by atoms with Crippen LogP contribution in [0.5, 0.6) is 0 Å². The van der Waals surface area contributed by atoms with Gasteiger partial charge in [-0.25, -0.2) is 9.78 Å². The Balaban J connectivity index is 1.48. The van der Waals surface area contributed by atoms with Crippen LogP contribution in [-0.2, 0) is 16.1 Å². The summed E-state index contributed by atoms with van der Waals surface area (Å²) in [5.74, 6) is 0.990. The van der Waals surface area contributed by atoms with Crippen LogP contribution >= 0.6 is 0 Å². The summed E-state index contributed by atoms with van der Waals surface area (Å²) in [5, 5.41) is 3.10. The zero-order valence-electron chi connectivity index (χ0n) is 21.8. The van der Waals surface area contributed by atoms with E-state index in [9.17, 15) is 9.59 Å². The SMILES string of the molecule is CCNc1ncc2c(n1)N(C)CCN(c1cccc(CO[C@@H](CCCOC(N)=O)c3ccccc3)c1)C2=O. The smallest absolute Gasteiger partial charge is 0.404 e. The second-order valence-electron chi connectivity index (χ2n) is 9.03. The van der Waals surface area contributed by atoms with E-state index in [1.165, 1.54) is 0 Å². The molecule has 0 bridgehead atoms. The Morgan fingerprint density at radius 1 is 1.16 bits per heavy atom. The Kier molecular flexibility index (Phi) is 9.10. The van der Waals surface area contributed by atoms with Gasteiger partial charge in [0.05, 0.1) is 19.3 Å². The Morgan fingerprint density at radius 2 is 1.97 bits per heavy atom. The van der Waals surface area contributed by atoms with Crippen LogP contribution in [0.2, 0.25) is 0 Å². The summed E-state index contributed by atoms with van der Waals surface area (Å²) >= 11 is 0. The van der Waals surface area contributed by atoms with Gasteiger partial charge in [-0.05, 0) is 43.0 Å². The Morgan fingerprint density at radius 3 is 2.74 bits per heavy atom. The molecule has 38 heavy (non-hydrogen) atoms. The van der Waals surface area contributed by atoms with Gasteiger partial charge in [-0.3, -0.25) is 4.79 Å². The van der Waals surface area contributed by atoms with Crippen LogP contribution in [0.25, 0.3) is 0 Å². The molecule has 4 rings (SSSR count). The lowest BCUT2D eigenvalue weighted by atomic mass is 10.0. The number of hydrogen-bond acceptors (Lipinski definition) is 8. The van der Waals surface area contributed by atoms with Gasteiger partial charge in [-0.2, -0.15) is 4.98 Å². The third-order valence-electron chi connectivity index (χ3n) is 6.30. The molecule has 0 spiro atoms. The molecular formula is C28H34N6O4. The molecule has 0 saturated carbocycles. The quantitative estimate of drug-likeness (QED) is 0.363. The summed E-state index contributed by atoms with van der Waals surface area (Å²) in [6.45, 7) is 4.42. The van der Waals surface area contributed by atoms with Crippen molar-refractivity contribution < 1.29 is 19.1 Å². The van der Waals surface area contributed by atoms with E-state index in [2.05, 4.69) is 15.3 Å². The first kappa shape index (κ1) is 26.9. The number of ether oxygens (including phenoxy) is 2. The number of fused-ring (bicyclic) bond motifs is 1. The number of hydrogen-bond donors (Lipinski definition) is 2. The second-order valence-corrected chi connectivity index (χ2v) is 9.03. The van der Waals surface area contributed by atoms with Gasteiger partial charge in [-0.15, -0.1) is 0 Å². The van der Waals surface area contributed by atoms with Crippen molar-refractivity contribution >= 4 is 29.5 Å². The largest absolute Gasteiger partial charge is 0.450 e. The molecule has 0 radical (unpaired) electrons. The number of aromatic nitrogens is 2. The van der Waals surface area contributed by atoms with Crippen LogP contribution in [0.15, 0.2) is 60.8 Å². The van der Waals surface area contributed by atoms with Gasteiger partial charge in [0, 0.05) is 38.6 Å².